The van der Waals surface area contributed by atoms with Crippen LogP contribution in [0.4, 0.5) is 0 Å². The Labute approximate surface area is 185 Å². The van der Waals surface area contributed by atoms with Gasteiger partial charge in [-0.3, -0.25) is 19.4 Å². The van der Waals surface area contributed by atoms with Gasteiger partial charge in [-0.1, -0.05) is 0 Å². The fraction of sp³-hybridized carbons (Fsp3) is 0.722. The number of nitrogens with two attached hydrogens (primary N) is 3. The summed E-state index contributed by atoms with van der Waals surface area (Å²) in [4.78, 5) is 53.9. The average Bonchev–Trinajstić information content (AvgIpc) is 3.21. The van der Waals surface area contributed by atoms with Gasteiger partial charge in [0.2, 0.25) is 17.7 Å². The molecule has 1 aliphatic heterocycles. The number of rotatable bonds is 12. The van der Waals surface area contributed by atoms with Crippen LogP contribution in [0.1, 0.15) is 32.6 Å². The SMILES string of the molecule is CC(O)C(NC(=O)C(N)CCCN=C(N)N)C(=O)N1CCCC1C(=O)NC(CO)C(=O)O. The second-order valence-corrected chi connectivity index (χ2v) is 7.55. The molecule has 0 aliphatic carbocycles. The van der Waals surface area contributed by atoms with Crippen LogP contribution in [0.25, 0.3) is 0 Å². The Morgan fingerprint density at radius 1 is 1.22 bits per heavy atom. The van der Waals surface area contributed by atoms with Gasteiger partial charge < -0.3 is 48.1 Å². The van der Waals surface area contributed by atoms with E-state index in [0.29, 0.717) is 12.8 Å². The Bertz CT molecular complexity index is 712. The Kier molecular flexibility index (Phi) is 10.8. The summed E-state index contributed by atoms with van der Waals surface area (Å²) >= 11 is 0. The maximum Gasteiger partial charge on any atom is 0.328 e. The molecule has 1 aliphatic rings. The molecule has 32 heavy (non-hydrogen) atoms. The van der Waals surface area contributed by atoms with Crippen LogP contribution in [0.15, 0.2) is 4.99 Å². The third-order valence-corrected chi connectivity index (χ3v) is 4.99. The van der Waals surface area contributed by atoms with Gasteiger partial charge in [0.1, 0.15) is 18.1 Å². The first kappa shape index (κ1) is 27.1. The monoisotopic (exact) mass is 459 g/mol. The van der Waals surface area contributed by atoms with Crippen molar-refractivity contribution in [3.8, 4) is 0 Å². The zero-order chi connectivity index (χ0) is 24.4. The molecule has 5 atom stereocenters. The Morgan fingerprint density at radius 2 is 1.88 bits per heavy atom. The highest BCUT2D eigenvalue weighted by Crippen LogP contribution is 2.19. The van der Waals surface area contributed by atoms with Crippen molar-refractivity contribution in [2.24, 2.45) is 22.2 Å². The number of aliphatic imine (C=N–C) groups is 1. The van der Waals surface area contributed by atoms with E-state index in [1.165, 1.54) is 11.8 Å². The lowest BCUT2D eigenvalue weighted by molar-refractivity contribution is -0.146. The van der Waals surface area contributed by atoms with Crippen molar-refractivity contribution >= 4 is 29.7 Å². The van der Waals surface area contributed by atoms with Crippen LogP contribution in [0, 0.1) is 0 Å². The normalized spacial score (nSPS) is 19.4. The topological polar surface area (TPSA) is 247 Å². The highest BCUT2D eigenvalue weighted by Gasteiger charge is 2.40. The molecule has 11 N–H and O–H groups in total. The molecule has 5 unspecified atom stereocenters. The number of carboxylic acid groups (broad SMARTS) is 1. The first-order chi connectivity index (χ1) is 15.0. The van der Waals surface area contributed by atoms with Crippen LogP contribution in [0.2, 0.25) is 0 Å². The Morgan fingerprint density at radius 3 is 2.41 bits per heavy atom. The van der Waals surface area contributed by atoms with E-state index in [4.69, 9.17) is 27.4 Å². The van der Waals surface area contributed by atoms with E-state index in [0.717, 1.165) is 0 Å². The van der Waals surface area contributed by atoms with Gasteiger partial charge in [0.25, 0.3) is 0 Å². The minimum atomic E-state index is -1.51. The lowest BCUT2D eigenvalue weighted by atomic mass is 10.1. The molecule has 0 saturated carbocycles. The molecule has 1 saturated heterocycles. The largest absolute Gasteiger partial charge is 0.480 e. The van der Waals surface area contributed by atoms with Crippen LogP contribution >= 0.6 is 0 Å². The standard InChI is InChI=1S/C18H33N7O7/c1-9(27)13(24-14(28)10(19)4-2-6-22-18(20)21)16(30)25-7-3-5-12(25)15(29)23-11(8-26)17(31)32/h9-13,26-27H,2-8,19H2,1H3,(H,23,29)(H,24,28)(H,31,32)(H4,20,21,22). The molecule has 0 radical (unpaired) electrons. The number of carbonyl (C=O) groups excluding carboxylic acids is 3. The summed E-state index contributed by atoms with van der Waals surface area (Å²) < 4.78 is 0. The van der Waals surface area contributed by atoms with Gasteiger partial charge in [-0.2, -0.15) is 0 Å². The molecule has 0 aromatic carbocycles. The first-order valence-corrected chi connectivity index (χ1v) is 10.2. The van der Waals surface area contributed by atoms with Crippen molar-refractivity contribution in [3.05, 3.63) is 0 Å². The van der Waals surface area contributed by atoms with Crippen LogP contribution in [-0.2, 0) is 19.2 Å². The zero-order valence-electron chi connectivity index (χ0n) is 17.9. The number of guanidine groups is 1. The van der Waals surface area contributed by atoms with Crippen molar-refractivity contribution in [3.63, 3.8) is 0 Å². The van der Waals surface area contributed by atoms with Crippen molar-refractivity contribution in [2.75, 3.05) is 19.7 Å². The van der Waals surface area contributed by atoms with Gasteiger partial charge >= 0.3 is 5.97 Å². The van der Waals surface area contributed by atoms with Gasteiger partial charge in [0.05, 0.1) is 18.8 Å². The quantitative estimate of drug-likeness (QED) is 0.0793. The van der Waals surface area contributed by atoms with Crippen LogP contribution in [-0.4, -0.2) is 99.8 Å². The summed E-state index contributed by atoms with van der Waals surface area (Å²) in [6.45, 7) is 0.953. The number of carbonyl (C=O) groups is 4. The minimum absolute atomic E-state index is 0.0827. The van der Waals surface area contributed by atoms with Crippen molar-refractivity contribution in [1.29, 1.82) is 0 Å². The summed E-state index contributed by atoms with van der Waals surface area (Å²) in [5.41, 5.74) is 16.3. The molecular weight excluding hydrogens is 426 g/mol. The number of aliphatic carboxylic acids is 1. The molecule has 0 bridgehead atoms. The molecule has 3 amide bonds. The molecule has 14 heteroatoms. The number of likely N-dealkylation sites (tertiary alicyclic amines) is 1. The van der Waals surface area contributed by atoms with E-state index < -0.39 is 60.6 Å². The smallest absolute Gasteiger partial charge is 0.328 e. The van der Waals surface area contributed by atoms with Gasteiger partial charge in [0, 0.05) is 13.1 Å². The molecule has 0 aromatic heterocycles. The van der Waals surface area contributed by atoms with E-state index in [9.17, 15) is 24.3 Å². The van der Waals surface area contributed by atoms with Gasteiger partial charge in [-0.25, -0.2) is 4.79 Å². The molecular formula is C18H33N7O7. The number of aliphatic hydroxyl groups excluding tert-OH is 2. The summed E-state index contributed by atoms with van der Waals surface area (Å²) in [5, 5.41) is 32.7. The van der Waals surface area contributed by atoms with Crippen LogP contribution < -0.4 is 27.8 Å². The second-order valence-electron chi connectivity index (χ2n) is 7.55. The second kappa shape index (κ2) is 12.8. The average molecular weight is 460 g/mol. The maximum absolute atomic E-state index is 13.0. The van der Waals surface area contributed by atoms with Crippen LogP contribution in [0.3, 0.4) is 0 Å². The molecule has 1 heterocycles. The predicted octanol–water partition coefficient (Wildman–Crippen LogP) is -4.21. The van der Waals surface area contributed by atoms with Crippen LogP contribution in [0.5, 0.6) is 0 Å². The third kappa shape index (κ3) is 7.94. The number of carboxylic acids is 1. The van der Waals surface area contributed by atoms with Gasteiger partial charge in [-0.15, -0.1) is 0 Å². The molecule has 1 rings (SSSR count). The highest BCUT2D eigenvalue weighted by molar-refractivity contribution is 5.94. The highest BCUT2D eigenvalue weighted by atomic mass is 16.4. The fourth-order valence-corrected chi connectivity index (χ4v) is 3.23. The molecule has 182 valence electrons. The summed E-state index contributed by atoms with van der Waals surface area (Å²) in [7, 11) is 0. The Balaban J connectivity index is 2.79. The number of amides is 3. The van der Waals surface area contributed by atoms with E-state index in [-0.39, 0.29) is 31.9 Å². The minimum Gasteiger partial charge on any atom is -0.480 e. The lowest BCUT2D eigenvalue weighted by Gasteiger charge is -2.31. The number of hydrogen-bond donors (Lipinski definition) is 8. The fourth-order valence-electron chi connectivity index (χ4n) is 3.23. The van der Waals surface area contributed by atoms with E-state index >= 15 is 0 Å². The van der Waals surface area contributed by atoms with E-state index in [1.807, 2.05) is 0 Å². The Hall–Kier alpha value is -2.97. The van der Waals surface area contributed by atoms with E-state index in [1.54, 1.807) is 0 Å². The number of nitrogens with zero attached hydrogens (tertiary/aromatic N) is 2. The molecule has 14 nitrogen and oxygen atoms in total. The number of hydrogen-bond acceptors (Lipinski definition) is 8. The molecule has 0 spiro atoms. The number of aliphatic hydroxyl groups is 2. The summed E-state index contributed by atoms with van der Waals surface area (Å²) in [6, 6.07) is -4.84. The zero-order valence-corrected chi connectivity index (χ0v) is 17.9. The summed E-state index contributed by atoms with van der Waals surface area (Å²) in [6.07, 6.45) is 0.0966. The van der Waals surface area contributed by atoms with Gasteiger partial charge in [-0.05, 0) is 32.6 Å². The summed E-state index contributed by atoms with van der Waals surface area (Å²) in [5.74, 6) is -3.61. The molecule has 0 aromatic rings. The maximum atomic E-state index is 13.0. The molecule has 1 fully saturated rings. The third-order valence-electron chi connectivity index (χ3n) is 4.99. The van der Waals surface area contributed by atoms with E-state index in [2.05, 4.69) is 15.6 Å². The number of nitrogens with one attached hydrogen (secondary N) is 2. The van der Waals surface area contributed by atoms with Crippen molar-refractivity contribution < 1.29 is 34.5 Å². The van der Waals surface area contributed by atoms with Gasteiger partial charge in [0.15, 0.2) is 5.96 Å². The van der Waals surface area contributed by atoms with Crippen molar-refractivity contribution in [2.45, 2.75) is 62.9 Å². The first-order valence-electron chi connectivity index (χ1n) is 10.2. The lowest BCUT2D eigenvalue weighted by Crippen LogP contribution is -2.59. The van der Waals surface area contributed by atoms with Crippen molar-refractivity contribution in [1.82, 2.24) is 15.5 Å². The predicted molar refractivity (Wildman–Crippen MR) is 113 cm³/mol.